The van der Waals surface area contributed by atoms with Crippen LogP contribution in [0.5, 0.6) is 0 Å². The molecule has 4 heteroatoms. The number of aromatic nitrogens is 1. The van der Waals surface area contributed by atoms with Crippen molar-refractivity contribution in [2.24, 2.45) is 0 Å². The minimum absolute atomic E-state index is 0.0612. The zero-order valence-corrected chi connectivity index (χ0v) is 10.5. The van der Waals surface area contributed by atoms with Crippen LogP contribution >= 0.6 is 0 Å². The molecule has 19 heavy (non-hydrogen) atoms. The standard InChI is InChI=1S/C15H17NO3/c1-19-14(17)12-6-10-16-13(11-12)5-9-15(18)7-3-2-4-8-15/h6,10-11,18H,2-4,7-8H2,1H3/i1D3. The fourth-order valence-corrected chi connectivity index (χ4v) is 2.13. The molecule has 1 fully saturated rings. The van der Waals surface area contributed by atoms with Crippen molar-refractivity contribution in [3.05, 3.63) is 29.6 Å². The topological polar surface area (TPSA) is 59.4 Å². The molecule has 0 bridgehead atoms. The molecule has 0 saturated heterocycles. The van der Waals surface area contributed by atoms with Gasteiger partial charge in [0.05, 0.1) is 16.7 Å². The van der Waals surface area contributed by atoms with E-state index in [2.05, 4.69) is 21.6 Å². The Morgan fingerprint density at radius 1 is 1.53 bits per heavy atom. The Morgan fingerprint density at radius 3 is 3.05 bits per heavy atom. The van der Waals surface area contributed by atoms with E-state index < -0.39 is 18.6 Å². The molecule has 0 aromatic carbocycles. The van der Waals surface area contributed by atoms with Gasteiger partial charge in [-0.05, 0) is 43.7 Å². The summed E-state index contributed by atoms with van der Waals surface area (Å²) in [6, 6.07) is 2.71. The maximum absolute atomic E-state index is 11.7. The van der Waals surface area contributed by atoms with Gasteiger partial charge in [0.25, 0.3) is 0 Å². The summed E-state index contributed by atoms with van der Waals surface area (Å²) in [5.41, 5.74) is -0.653. The van der Waals surface area contributed by atoms with Crippen LogP contribution in [0.15, 0.2) is 18.3 Å². The summed E-state index contributed by atoms with van der Waals surface area (Å²) >= 11 is 0. The number of carbonyl (C=O) groups is 1. The quantitative estimate of drug-likeness (QED) is 0.620. The first-order valence-corrected chi connectivity index (χ1v) is 6.22. The van der Waals surface area contributed by atoms with Crippen molar-refractivity contribution in [2.75, 3.05) is 7.04 Å². The Kier molecular flexibility index (Phi) is 3.08. The number of hydrogen-bond acceptors (Lipinski definition) is 4. The molecule has 0 aliphatic heterocycles. The van der Waals surface area contributed by atoms with Gasteiger partial charge in [-0.25, -0.2) is 9.78 Å². The van der Waals surface area contributed by atoms with Crippen molar-refractivity contribution >= 4 is 5.97 Å². The van der Waals surface area contributed by atoms with E-state index in [1.807, 2.05) is 0 Å². The van der Waals surface area contributed by atoms with Gasteiger partial charge in [0.2, 0.25) is 0 Å². The fourth-order valence-electron chi connectivity index (χ4n) is 2.13. The van der Waals surface area contributed by atoms with Crippen LogP contribution in [-0.4, -0.2) is 28.7 Å². The highest BCUT2D eigenvalue weighted by atomic mass is 16.5. The highest BCUT2D eigenvalue weighted by molar-refractivity contribution is 5.89. The summed E-state index contributed by atoms with van der Waals surface area (Å²) in [5.74, 6) is 4.61. The Labute approximate surface area is 117 Å². The number of carbonyl (C=O) groups excluding carboxylic acids is 1. The number of esters is 1. The summed E-state index contributed by atoms with van der Waals surface area (Å²) in [6.07, 6.45) is 5.57. The molecule has 0 atom stereocenters. The van der Waals surface area contributed by atoms with Crippen molar-refractivity contribution in [3.63, 3.8) is 0 Å². The van der Waals surface area contributed by atoms with Gasteiger partial charge in [-0.1, -0.05) is 12.3 Å². The van der Waals surface area contributed by atoms with E-state index in [0.29, 0.717) is 18.5 Å². The summed E-state index contributed by atoms with van der Waals surface area (Å²) in [5, 5.41) is 10.3. The molecule has 0 amide bonds. The molecule has 4 nitrogen and oxygen atoms in total. The third-order valence-electron chi connectivity index (χ3n) is 3.19. The van der Waals surface area contributed by atoms with E-state index >= 15 is 0 Å². The number of hydrogen-bond donors (Lipinski definition) is 1. The van der Waals surface area contributed by atoms with Crippen LogP contribution in [0.3, 0.4) is 0 Å². The number of methoxy groups -OCH3 is 1. The minimum atomic E-state index is -2.79. The average Bonchev–Trinajstić information content (AvgIpc) is 2.45. The second-order valence-corrected chi connectivity index (χ2v) is 4.66. The number of rotatable bonds is 1. The smallest absolute Gasteiger partial charge is 0.338 e. The van der Waals surface area contributed by atoms with Crippen LogP contribution in [-0.2, 0) is 4.74 Å². The van der Waals surface area contributed by atoms with Gasteiger partial charge in [-0.2, -0.15) is 0 Å². The third-order valence-corrected chi connectivity index (χ3v) is 3.19. The van der Waals surface area contributed by atoms with Gasteiger partial charge in [0.15, 0.2) is 0 Å². The Bertz CT molecular complexity index is 610. The predicted molar refractivity (Wildman–Crippen MR) is 70.5 cm³/mol. The molecule has 1 N–H and O–H groups in total. The normalized spacial score (nSPS) is 20.2. The average molecular weight is 262 g/mol. The van der Waals surface area contributed by atoms with Crippen LogP contribution < -0.4 is 0 Å². The lowest BCUT2D eigenvalue weighted by atomic mass is 9.85. The lowest BCUT2D eigenvalue weighted by molar-refractivity contribution is 0.0598. The fraction of sp³-hybridized carbons (Fsp3) is 0.467. The molecule has 2 rings (SSSR count). The van der Waals surface area contributed by atoms with E-state index in [1.165, 1.54) is 18.3 Å². The highest BCUT2D eigenvalue weighted by Crippen LogP contribution is 2.27. The molecule has 0 spiro atoms. The lowest BCUT2D eigenvalue weighted by Crippen LogP contribution is -2.29. The van der Waals surface area contributed by atoms with Gasteiger partial charge in [-0.3, -0.25) is 0 Å². The van der Waals surface area contributed by atoms with E-state index in [-0.39, 0.29) is 5.56 Å². The van der Waals surface area contributed by atoms with Crippen molar-refractivity contribution in [1.82, 2.24) is 4.98 Å². The highest BCUT2D eigenvalue weighted by Gasteiger charge is 2.26. The summed E-state index contributed by atoms with van der Waals surface area (Å²) in [6.45, 7) is 0. The molecule has 1 aliphatic carbocycles. The SMILES string of the molecule is [2H]C([2H])([2H])OC(=O)c1ccnc(C#CC2(O)CCCCC2)c1. The van der Waals surface area contributed by atoms with E-state index in [1.54, 1.807) is 0 Å². The zero-order chi connectivity index (χ0) is 16.2. The summed E-state index contributed by atoms with van der Waals surface area (Å²) in [7, 11) is -2.79. The van der Waals surface area contributed by atoms with Gasteiger partial charge in [-0.15, -0.1) is 0 Å². The molecule has 1 aromatic heterocycles. The molecule has 1 aromatic rings. The second kappa shape index (κ2) is 5.85. The van der Waals surface area contributed by atoms with Crippen molar-refractivity contribution in [2.45, 2.75) is 37.7 Å². The van der Waals surface area contributed by atoms with Crippen LogP contribution in [0.25, 0.3) is 0 Å². The van der Waals surface area contributed by atoms with Crippen LogP contribution in [0.2, 0.25) is 0 Å². The predicted octanol–water partition coefficient (Wildman–Crippen LogP) is 1.91. The molecule has 1 aliphatic rings. The minimum Gasteiger partial charge on any atom is -0.465 e. The summed E-state index contributed by atoms with van der Waals surface area (Å²) in [4.78, 5) is 15.7. The number of pyridine rings is 1. The van der Waals surface area contributed by atoms with Gasteiger partial charge >= 0.3 is 5.97 Å². The van der Waals surface area contributed by atoms with Crippen LogP contribution in [0, 0.1) is 11.8 Å². The maximum atomic E-state index is 11.7. The Hall–Kier alpha value is -1.86. The first-order valence-electron chi connectivity index (χ1n) is 7.72. The van der Waals surface area contributed by atoms with Gasteiger partial charge < -0.3 is 9.84 Å². The second-order valence-electron chi connectivity index (χ2n) is 4.66. The van der Waals surface area contributed by atoms with Crippen LogP contribution in [0.1, 0.15) is 52.3 Å². The number of nitrogens with zero attached hydrogens (tertiary/aromatic N) is 1. The molecule has 100 valence electrons. The molecule has 1 heterocycles. The monoisotopic (exact) mass is 262 g/mol. The van der Waals surface area contributed by atoms with Gasteiger partial charge in [0.1, 0.15) is 11.3 Å². The molecule has 0 unspecified atom stereocenters. The number of aliphatic hydroxyl groups is 1. The van der Waals surface area contributed by atoms with Crippen LogP contribution in [0.4, 0.5) is 0 Å². The first-order chi connectivity index (χ1) is 10.3. The Balaban J connectivity index is 2.14. The maximum Gasteiger partial charge on any atom is 0.338 e. The van der Waals surface area contributed by atoms with Crippen molar-refractivity contribution < 1.29 is 18.8 Å². The van der Waals surface area contributed by atoms with Gasteiger partial charge in [0, 0.05) is 6.20 Å². The van der Waals surface area contributed by atoms with E-state index in [9.17, 15) is 9.90 Å². The number of ether oxygens (including phenoxy) is 1. The Morgan fingerprint density at radius 2 is 2.32 bits per heavy atom. The molecular formula is C15H17NO3. The first kappa shape index (κ1) is 9.99. The molecule has 0 radical (unpaired) electrons. The molecular weight excluding hydrogens is 242 g/mol. The lowest BCUT2D eigenvalue weighted by Gasteiger charge is -2.26. The van der Waals surface area contributed by atoms with Crippen molar-refractivity contribution in [3.8, 4) is 11.8 Å². The summed E-state index contributed by atoms with van der Waals surface area (Å²) < 4.78 is 25.1. The van der Waals surface area contributed by atoms with E-state index in [0.717, 1.165) is 19.3 Å². The zero-order valence-electron chi connectivity index (χ0n) is 13.5. The van der Waals surface area contributed by atoms with Crippen molar-refractivity contribution in [1.29, 1.82) is 0 Å². The van der Waals surface area contributed by atoms with E-state index in [4.69, 9.17) is 4.11 Å². The largest absolute Gasteiger partial charge is 0.465 e. The molecule has 1 saturated carbocycles. The third kappa shape index (κ3) is 3.55.